The Morgan fingerprint density at radius 3 is 2.47 bits per heavy atom. The lowest BCUT2D eigenvalue weighted by atomic mass is 10.1. The minimum absolute atomic E-state index is 0.916. The molecule has 0 saturated heterocycles. The molecule has 0 aliphatic rings. The van der Waals surface area contributed by atoms with Crippen molar-refractivity contribution in [2.75, 3.05) is 13.7 Å². The number of hydrogen-bond donors (Lipinski definition) is 1. The van der Waals surface area contributed by atoms with Crippen molar-refractivity contribution >= 4 is 0 Å². The van der Waals surface area contributed by atoms with E-state index in [-0.39, 0.29) is 0 Å². The first-order valence-corrected chi connectivity index (χ1v) is 5.94. The highest BCUT2D eigenvalue weighted by molar-refractivity contribution is 4.55. The lowest BCUT2D eigenvalue weighted by Gasteiger charge is -2.00. The topological polar surface area (TPSA) is 28.9 Å². The van der Waals surface area contributed by atoms with Gasteiger partial charge in [-0.2, -0.15) is 0 Å². The first kappa shape index (κ1) is 12.2. The van der Waals surface area contributed by atoms with Crippen LogP contribution < -0.4 is 4.57 Å². The summed E-state index contributed by atoms with van der Waals surface area (Å²) in [5, 5.41) is 0. The molecule has 0 aromatic carbocycles. The quantitative estimate of drug-likeness (QED) is 0.493. The summed E-state index contributed by atoms with van der Waals surface area (Å²) in [6, 6.07) is 0. The van der Waals surface area contributed by atoms with Gasteiger partial charge in [0.05, 0.1) is 6.54 Å². The van der Waals surface area contributed by atoms with Crippen LogP contribution in [0.3, 0.4) is 0 Å². The van der Waals surface area contributed by atoms with E-state index >= 15 is 0 Å². The van der Waals surface area contributed by atoms with Gasteiger partial charge in [0, 0.05) is 13.7 Å². The van der Waals surface area contributed by atoms with E-state index in [1.807, 2.05) is 12.5 Å². The third kappa shape index (κ3) is 6.28. The fraction of sp³-hybridized carbons (Fsp3) is 0.750. The number of unbranched alkanes of at least 4 members (excludes halogenated alkanes) is 5. The molecular formula is C12H23N2O+. The number of aromatic nitrogens is 2. The number of imidazole rings is 1. The lowest BCUT2D eigenvalue weighted by molar-refractivity contribution is -0.696. The zero-order valence-electron chi connectivity index (χ0n) is 9.74. The highest BCUT2D eigenvalue weighted by Crippen LogP contribution is 2.05. The van der Waals surface area contributed by atoms with Gasteiger partial charge in [0.25, 0.3) is 0 Å². The zero-order valence-corrected chi connectivity index (χ0v) is 9.74. The Morgan fingerprint density at radius 1 is 1.07 bits per heavy atom. The minimum Gasteiger partial charge on any atom is -0.385 e. The molecule has 1 heterocycles. The third-order valence-corrected chi connectivity index (χ3v) is 2.62. The molecule has 0 aliphatic carbocycles. The van der Waals surface area contributed by atoms with E-state index in [2.05, 4.69) is 15.7 Å². The number of rotatable bonds is 9. The minimum atomic E-state index is 0.916. The molecule has 0 fully saturated rings. The number of H-pyrrole nitrogens is 1. The van der Waals surface area contributed by atoms with Crippen LogP contribution in [-0.2, 0) is 11.3 Å². The van der Waals surface area contributed by atoms with E-state index in [1.54, 1.807) is 7.11 Å². The Labute approximate surface area is 92.5 Å². The van der Waals surface area contributed by atoms with E-state index < -0.39 is 0 Å². The van der Waals surface area contributed by atoms with Crippen LogP contribution in [0.4, 0.5) is 0 Å². The van der Waals surface area contributed by atoms with Gasteiger partial charge in [0.2, 0.25) is 6.33 Å². The van der Waals surface area contributed by atoms with Gasteiger partial charge in [0.15, 0.2) is 0 Å². The zero-order chi connectivity index (χ0) is 10.8. The summed E-state index contributed by atoms with van der Waals surface area (Å²) in [5.74, 6) is 0. The van der Waals surface area contributed by atoms with Crippen LogP contribution in [0.15, 0.2) is 18.7 Å². The van der Waals surface area contributed by atoms with Gasteiger partial charge < -0.3 is 4.74 Å². The van der Waals surface area contributed by atoms with Crippen LogP contribution in [0.1, 0.15) is 38.5 Å². The summed E-state index contributed by atoms with van der Waals surface area (Å²) < 4.78 is 7.21. The second-order valence-electron chi connectivity index (χ2n) is 3.96. The summed E-state index contributed by atoms with van der Waals surface area (Å²) in [6.45, 7) is 2.06. The maximum absolute atomic E-state index is 5.01. The van der Waals surface area contributed by atoms with E-state index in [1.165, 1.54) is 38.5 Å². The van der Waals surface area contributed by atoms with Gasteiger partial charge in [0.1, 0.15) is 12.4 Å². The number of aromatic amines is 1. The van der Waals surface area contributed by atoms with Gasteiger partial charge >= 0.3 is 0 Å². The molecule has 0 amide bonds. The monoisotopic (exact) mass is 211 g/mol. The van der Waals surface area contributed by atoms with E-state index in [0.717, 1.165) is 13.2 Å². The Morgan fingerprint density at radius 2 is 1.80 bits per heavy atom. The van der Waals surface area contributed by atoms with Crippen molar-refractivity contribution in [3.63, 3.8) is 0 Å². The molecule has 1 aromatic heterocycles. The van der Waals surface area contributed by atoms with Gasteiger partial charge in [-0.1, -0.05) is 19.3 Å². The molecule has 3 heteroatoms. The maximum Gasteiger partial charge on any atom is 0.241 e. The maximum atomic E-state index is 5.01. The molecule has 1 N–H and O–H groups in total. The van der Waals surface area contributed by atoms with Crippen molar-refractivity contribution < 1.29 is 9.30 Å². The van der Waals surface area contributed by atoms with Crippen LogP contribution in [0.25, 0.3) is 0 Å². The number of methoxy groups -OCH3 is 1. The average molecular weight is 211 g/mol. The summed E-state index contributed by atoms with van der Waals surface area (Å²) in [5.41, 5.74) is 0. The number of ether oxygens (including phenoxy) is 1. The molecule has 0 bridgehead atoms. The van der Waals surface area contributed by atoms with E-state index in [0.29, 0.717) is 0 Å². The summed E-state index contributed by atoms with van der Waals surface area (Å²) in [6.07, 6.45) is 13.9. The number of aryl methyl sites for hydroxylation is 1. The molecule has 15 heavy (non-hydrogen) atoms. The molecule has 1 aromatic rings. The summed E-state index contributed by atoms with van der Waals surface area (Å²) in [7, 11) is 1.77. The molecule has 0 spiro atoms. The Kier molecular flexibility index (Phi) is 6.92. The SMILES string of the molecule is COCCCCCCCC[n+]1cc[nH]c1. The average Bonchev–Trinajstić information content (AvgIpc) is 2.75. The first-order valence-electron chi connectivity index (χ1n) is 5.94. The van der Waals surface area contributed by atoms with Gasteiger partial charge in [-0.15, -0.1) is 0 Å². The second kappa shape index (κ2) is 8.48. The second-order valence-corrected chi connectivity index (χ2v) is 3.96. The highest BCUT2D eigenvalue weighted by atomic mass is 16.5. The van der Waals surface area contributed by atoms with Crippen molar-refractivity contribution in [1.29, 1.82) is 0 Å². The van der Waals surface area contributed by atoms with Gasteiger partial charge in [-0.25, -0.2) is 4.57 Å². The molecule has 0 atom stereocenters. The normalized spacial score (nSPS) is 10.7. The molecule has 0 aliphatic heterocycles. The molecule has 3 nitrogen and oxygen atoms in total. The van der Waals surface area contributed by atoms with E-state index in [9.17, 15) is 0 Å². The van der Waals surface area contributed by atoms with Crippen LogP contribution in [0.2, 0.25) is 0 Å². The van der Waals surface area contributed by atoms with Gasteiger partial charge in [-0.3, -0.25) is 4.98 Å². The predicted octanol–water partition coefficient (Wildman–Crippen LogP) is 2.29. The fourth-order valence-corrected chi connectivity index (χ4v) is 1.71. The molecule has 0 radical (unpaired) electrons. The molecule has 0 unspecified atom stereocenters. The Bertz CT molecular complexity index is 222. The van der Waals surface area contributed by atoms with Crippen molar-refractivity contribution in [2.45, 2.75) is 45.1 Å². The number of hydrogen-bond acceptors (Lipinski definition) is 1. The van der Waals surface area contributed by atoms with Crippen LogP contribution in [-0.4, -0.2) is 18.7 Å². The lowest BCUT2D eigenvalue weighted by Crippen LogP contribution is -2.30. The molecular weight excluding hydrogens is 188 g/mol. The molecule has 86 valence electrons. The van der Waals surface area contributed by atoms with Crippen molar-refractivity contribution in [1.82, 2.24) is 4.98 Å². The van der Waals surface area contributed by atoms with Crippen molar-refractivity contribution in [3.8, 4) is 0 Å². The van der Waals surface area contributed by atoms with E-state index in [4.69, 9.17) is 4.74 Å². The smallest absolute Gasteiger partial charge is 0.241 e. The fourth-order valence-electron chi connectivity index (χ4n) is 1.71. The highest BCUT2D eigenvalue weighted by Gasteiger charge is 1.96. The summed E-state index contributed by atoms with van der Waals surface area (Å²) in [4.78, 5) is 3.05. The molecule has 0 saturated carbocycles. The first-order chi connectivity index (χ1) is 7.43. The van der Waals surface area contributed by atoms with Crippen LogP contribution in [0.5, 0.6) is 0 Å². The largest absolute Gasteiger partial charge is 0.385 e. The van der Waals surface area contributed by atoms with Crippen molar-refractivity contribution in [2.24, 2.45) is 0 Å². The van der Waals surface area contributed by atoms with Crippen LogP contribution in [0, 0.1) is 0 Å². The Hall–Kier alpha value is -0.830. The number of nitrogens with one attached hydrogen (secondary N) is 1. The predicted molar refractivity (Wildman–Crippen MR) is 60.6 cm³/mol. The van der Waals surface area contributed by atoms with Gasteiger partial charge in [-0.05, 0) is 19.3 Å². The Balaban J connectivity index is 1.81. The van der Waals surface area contributed by atoms with Crippen LogP contribution >= 0.6 is 0 Å². The summed E-state index contributed by atoms with van der Waals surface area (Å²) >= 11 is 0. The van der Waals surface area contributed by atoms with Crippen molar-refractivity contribution in [3.05, 3.63) is 18.7 Å². The standard InChI is InChI=1S/C12H22N2O/c1-15-11-7-5-3-2-4-6-9-14-10-8-13-12-14/h8,10,12H,2-7,9,11H2,1H3/p+1. The molecule has 1 rings (SSSR count). The number of nitrogens with zero attached hydrogens (tertiary/aromatic N) is 1. The third-order valence-electron chi connectivity index (χ3n) is 2.62.